The topological polar surface area (TPSA) is 104 Å². The van der Waals surface area contributed by atoms with Crippen molar-refractivity contribution in [3.8, 4) is 23.0 Å². The molecule has 2 aliphatic rings. The van der Waals surface area contributed by atoms with Gasteiger partial charge in [0.25, 0.3) is 0 Å². The molecule has 8 nitrogen and oxygen atoms in total. The second-order valence-corrected chi connectivity index (χ2v) is 12.9. The number of benzene rings is 3. The monoisotopic (exact) mass is 660 g/mol. The van der Waals surface area contributed by atoms with Crippen molar-refractivity contribution >= 4 is 39.3 Å². The molecule has 1 saturated heterocycles. The molecule has 11 heteroatoms. The molecule has 4 aromatic rings. The molecule has 0 bridgehead atoms. The van der Waals surface area contributed by atoms with Gasteiger partial charge in [-0.3, -0.25) is 19.4 Å². The predicted molar refractivity (Wildman–Crippen MR) is 174 cm³/mol. The van der Waals surface area contributed by atoms with Crippen molar-refractivity contribution in [3.05, 3.63) is 89.6 Å². The number of hydrogen-bond donors (Lipinski definition) is 1. The normalized spacial score (nSPS) is 16.7. The number of rotatable bonds is 15. The summed E-state index contributed by atoms with van der Waals surface area (Å²) in [6.45, 7) is 1.06. The van der Waals surface area contributed by atoms with Crippen molar-refractivity contribution in [2.24, 2.45) is 5.41 Å². The Kier molecular flexibility index (Phi) is 9.84. The van der Waals surface area contributed by atoms with Crippen LogP contribution < -0.4 is 19.5 Å². The van der Waals surface area contributed by atoms with Crippen LogP contribution in [0.3, 0.4) is 0 Å². The van der Waals surface area contributed by atoms with Crippen LogP contribution in [0.1, 0.15) is 36.8 Å². The minimum Gasteiger partial charge on any atom is -0.493 e. The van der Waals surface area contributed by atoms with Gasteiger partial charge in [0.2, 0.25) is 5.12 Å². The highest BCUT2D eigenvalue weighted by Crippen LogP contribution is 2.49. The van der Waals surface area contributed by atoms with Gasteiger partial charge in [-0.15, -0.1) is 0 Å². The summed E-state index contributed by atoms with van der Waals surface area (Å²) in [5.74, 6) is 0.648. The summed E-state index contributed by atoms with van der Waals surface area (Å²) in [6, 6.07) is 15.0. The van der Waals surface area contributed by atoms with Gasteiger partial charge in [-0.2, -0.15) is 0 Å². The summed E-state index contributed by atoms with van der Waals surface area (Å²) in [6.07, 6.45) is 3.97. The first kappa shape index (κ1) is 32.6. The third-order valence-electron chi connectivity index (χ3n) is 8.57. The summed E-state index contributed by atoms with van der Waals surface area (Å²) >= 11 is 1.36. The number of fused-ring (bicyclic) bond motifs is 1. The molecule has 1 aromatic heterocycles. The van der Waals surface area contributed by atoms with Crippen LogP contribution in [-0.2, 0) is 27.2 Å². The molecule has 1 atom stereocenters. The van der Waals surface area contributed by atoms with Crippen molar-refractivity contribution in [3.63, 3.8) is 0 Å². The average molecular weight is 661 g/mol. The van der Waals surface area contributed by atoms with Crippen molar-refractivity contribution in [1.29, 1.82) is 0 Å². The number of thioether (sulfide) groups is 1. The zero-order valence-corrected chi connectivity index (χ0v) is 26.7. The number of hydrogen-bond acceptors (Lipinski definition) is 9. The van der Waals surface area contributed by atoms with Gasteiger partial charge in [-0.1, -0.05) is 30.0 Å². The van der Waals surface area contributed by atoms with E-state index in [9.17, 15) is 18.8 Å². The Labute approximate surface area is 275 Å². The van der Waals surface area contributed by atoms with Crippen molar-refractivity contribution in [2.45, 2.75) is 44.6 Å². The molecule has 0 radical (unpaired) electrons. The Balaban J connectivity index is 1.09. The number of nitrogens with zero attached hydrogens (tertiary/aromatic N) is 1. The lowest BCUT2D eigenvalue weighted by atomic mass is 9.88. The quantitative estimate of drug-likeness (QED) is 0.115. The van der Waals surface area contributed by atoms with E-state index < -0.39 is 17.0 Å². The molecule has 244 valence electrons. The van der Waals surface area contributed by atoms with E-state index in [1.165, 1.54) is 43.1 Å². The van der Waals surface area contributed by atoms with Gasteiger partial charge in [0.05, 0.1) is 30.7 Å². The maximum atomic E-state index is 15.3. The van der Waals surface area contributed by atoms with Gasteiger partial charge in [0, 0.05) is 36.2 Å². The molecule has 1 saturated carbocycles. The first-order valence-corrected chi connectivity index (χ1v) is 16.5. The lowest BCUT2D eigenvalue weighted by Gasteiger charge is -2.15. The SMILES string of the molecule is COc1cc2c(Oc3ccc(CC(=O)C4(C(=O)Cc5ccc(F)cc5)CC4)cc3F)ccnc2cc1OCCCNC1CCSC1=O. The van der Waals surface area contributed by atoms with E-state index in [0.717, 1.165) is 12.2 Å². The highest BCUT2D eigenvalue weighted by Gasteiger charge is 2.54. The average Bonchev–Trinajstić information content (AvgIpc) is 3.79. The van der Waals surface area contributed by atoms with E-state index in [1.54, 1.807) is 42.6 Å². The Bertz CT molecular complexity index is 1810. The maximum Gasteiger partial charge on any atom is 0.205 e. The molecule has 1 N–H and O–H groups in total. The maximum absolute atomic E-state index is 15.3. The first-order valence-electron chi connectivity index (χ1n) is 15.5. The number of ether oxygens (including phenoxy) is 3. The molecule has 2 heterocycles. The summed E-state index contributed by atoms with van der Waals surface area (Å²) < 4.78 is 46.0. The number of carbonyl (C=O) groups excluding carboxylic acids is 3. The largest absolute Gasteiger partial charge is 0.493 e. The van der Waals surface area contributed by atoms with E-state index >= 15 is 4.39 Å². The van der Waals surface area contributed by atoms with Crippen LogP contribution in [0.25, 0.3) is 10.9 Å². The van der Waals surface area contributed by atoms with Crippen LogP contribution >= 0.6 is 11.8 Å². The summed E-state index contributed by atoms with van der Waals surface area (Å²) in [5, 5.41) is 4.04. The van der Waals surface area contributed by atoms with E-state index in [4.69, 9.17) is 14.2 Å². The zero-order chi connectivity index (χ0) is 33.0. The second kappa shape index (κ2) is 14.2. The Morgan fingerprint density at radius 2 is 1.68 bits per heavy atom. The first-order chi connectivity index (χ1) is 22.8. The van der Waals surface area contributed by atoms with E-state index in [1.807, 2.05) is 0 Å². The number of Topliss-reactive ketones (excluding diaryl/α,β-unsaturated/α-hetero) is 2. The minimum absolute atomic E-state index is 0.0341. The smallest absolute Gasteiger partial charge is 0.205 e. The van der Waals surface area contributed by atoms with Crippen molar-refractivity contribution in [2.75, 3.05) is 26.0 Å². The van der Waals surface area contributed by atoms with E-state index in [2.05, 4.69) is 10.3 Å². The number of nitrogens with one attached hydrogen (secondary N) is 1. The summed E-state index contributed by atoms with van der Waals surface area (Å²) in [4.78, 5) is 42.4. The fraction of sp³-hybridized carbons (Fsp3) is 0.333. The van der Waals surface area contributed by atoms with Crippen LogP contribution in [0.4, 0.5) is 8.78 Å². The molecular formula is C36H34F2N2O6S. The van der Waals surface area contributed by atoms with Crippen molar-refractivity contribution in [1.82, 2.24) is 10.3 Å². The fourth-order valence-corrected chi connectivity index (χ4v) is 6.66. The molecular weight excluding hydrogens is 626 g/mol. The minimum atomic E-state index is -1.07. The van der Waals surface area contributed by atoms with Gasteiger partial charge in [-0.25, -0.2) is 8.78 Å². The van der Waals surface area contributed by atoms with Gasteiger partial charge in [0.15, 0.2) is 34.6 Å². The molecule has 47 heavy (non-hydrogen) atoms. The lowest BCUT2D eigenvalue weighted by molar-refractivity contribution is -0.133. The number of aromatic nitrogens is 1. The molecule has 0 amide bonds. The van der Waals surface area contributed by atoms with Gasteiger partial charge < -0.3 is 19.5 Å². The molecule has 1 unspecified atom stereocenters. The Morgan fingerprint density at radius 1 is 0.936 bits per heavy atom. The summed E-state index contributed by atoms with van der Waals surface area (Å²) in [7, 11) is 1.53. The molecule has 3 aromatic carbocycles. The van der Waals surface area contributed by atoms with E-state index in [-0.39, 0.29) is 41.3 Å². The molecule has 2 fully saturated rings. The van der Waals surface area contributed by atoms with Crippen molar-refractivity contribution < 1.29 is 37.4 Å². The van der Waals surface area contributed by atoms with Crippen LogP contribution in [0.15, 0.2) is 66.9 Å². The lowest BCUT2D eigenvalue weighted by Crippen LogP contribution is -2.33. The molecule has 0 spiro atoms. The Morgan fingerprint density at radius 3 is 2.36 bits per heavy atom. The third-order valence-corrected chi connectivity index (χ3v) is 9.58. The van der Waals surface area contributed by atoms with Crippen LogP contribution in [0, 0.1) is 17.0 Å². The number of ketones is 2. The molecule has 1 aliphatic heterocycles. The second-order valence-electron chi connectivity index (χ2n) is 11.8. The predicted octanol–water partition coefficient (Wildman–Crippen LogP) is 6.41. The fourth-order valence-electron chi connectivity index (χ4n) is 5.71. The van der Waals surface area contributed by atoms with Crippen LogP contribution in [0.5, 0.6) is 23.0 Å². The molecule has 1 aliphatic carbocycles. The number of pyridine rings is 1. The van der Waals surface area contributed by atoms with Gasteiger partial charge in [-0.05, 0) is 79.8 Å². The number of halogens is 2. The number of methoxy groups -OCH3 is 1. The van der Waals surface area contributed by atoms with Crippen LogP contribution in [-0.4, -0.2) is 53.7 Å². The Hall–Kier alpha value is -4.35. The molecule has 6 rings (SSSR count). The van der Waals surface area contributed by atoms with E-state index in [0.29, 0.717) is 71.7 Å². The van der Waals surface area contributed by atoms with Crippen LogP contribution in [0.2, 0.25) is 0 Å². The third kappa shape index (κ3) is 7.47. The zero-order valence-electron chi connectivity index (χ0n) is 25.9. The number of carbonyl (C=O) groups is 3. The standard InChI is InChI=1S/C36H34F2N2O6S/c1-44-31-20-25-28(21-32(31)45-15-2-13-39-27-10-16-47-35(27)43)40-14-9-29(25)46-30-8-5-23(17-26(30)38)19-34(42)36(11-12-36)33(41)18-22-3-6-24(37)7-4-22/h3-9,14,17,20-21,27,39H,2,10-13,15-16,18-19H2,1H3. The van der Waals surface area contributed by atoms with Gasteiger partial charge >= 0.3 is 0 Å². The highest BCUT2D eigenvalue weighted by molar-refractivity contribution is 8.14. The summed E-state index contributed by atoms with van der Waals surface area (Å²) in [5.41, 5.74) is 0.582. The van der Waals surface area contributed by atoms with Gasteiger partial charge in [0.1, 0.15) is 11.6 Å². The highest BCUT2D eigenvalue weighted by atomic mass is 32.2.